The minimum Gasteiger partial charge on any atom is -0.481 e. The van der Waals surface area contributed by atoms with E-state index in [9.17, 15) is 4.79 Å². The van der Waals surface area contributed by atoms with Gasteiger partial charge in [0.1, 0.15) is 5.41 Å². The van der Waals surface area contributed by atoms with Crippen molar-refractivity contribution in [3.63, 3.8) is 0 Å². The number of thiazole rings is 1. The molecule has 84 valence electrons. The number of hydrogen-bond donors (Lipinski definition) is 1. The predicted octanol–water partition coefficient (Wildman–Crippen LogP) is 3.02. The van der Waals surface area contributed by atoms with Crippen LogP contribution in [0.3, 0.4) is 0 Å². The first kappa shape index (κ1) is 12.2. The van der Waals surface area contributed by atoms with Crippen LogP contribution in [-0.2, 0) is 10.2 Å². The second kappa shape index (κ2) is 4.31. The SMILES string of the molecule is CCC(C)c1nc(C(C)(C)C(=O)O)cs1. The van der Waals surface area contributed by atoms with Gasteiger partial charge in [0.15, 0.2) is 0 Å². The van der Waals surface area contributed by atoms with E-state index in [1.54, 1.807) is 25.2 Å². The topological polar surface area (TPSA) is 50.2 Å². The summed E-state index contributed by atoms with van der Waals surface area (Å²) in [4.78, 5) is 15.4. The maximum Gasteiger partial charge on any atom is 0.315 e. The number of aromatic nitrogens is 1. The Morgan fingerprint density at radius 3 is 2.73 bits per heavy atom. The minimum atomic E-state index is -0.887. The van der Waals surface area contributed by atoms with Crippen LogP contribution in [0.5, 0.6) is 0 Å². The van der Waals surface area contributed by atoms with E-state index in [0.717, 1.165) is 11.4 Å². The molecule has 0 amide bonds. The Balaban J connectivity index is 2.98. The van der Waals surface area contributed by atoms with Crippen LogP contribution in [0.25, 0.3) is 0 Å². The van der Waals surface area contributed by atoms with Gasteiger partial charge in [-0.1, -0.05) is 13.8 Å². The van der Waals surface area contributed by atoms with Crippen molar-refractivity contribution < 1.29 is 9.90 Å². The van der Waals surface area contributed by atoms with Crippen molar-refractivity contribution >= 4 is 17.3 Å². The third-order valence-corrected chi connectivity index (χ3v) is 3.81. The van der Waals surface area contributed by atoms with Crippen LogP contribution in [0, 0.1) is 0 Å². The molecule has 1 aromatic heterocycles. The van der Waals surface area contributed by atoms with Gasteiger partial charge in [-0.25, -0.2) is 4.98 Å². The zero-order valence-corrected chi connectivity index (χ0v) is 10.4. The molecular formula is C11H17NO2S. The van der Waals surface area contributed by atoms with E-state index in [1.807, 2.05) is 5.38 Å². The molecule has 0 saturated carbocycles. The van der Waals surface area contributed by atoms with Crippen LogP contribution in [-0.4, -0.2) is 16.1 Å². The number of nitrogens with zero attached hydrogens (tertiary/aromatic N) is 1. The number of aliphatic carboxylic acids is 1. The molecule has 0 radical (unpaired) electrons. The van der Waals surface area contributed by atoms with Crippen molar-refractivity contribution in [3.05, 3.63) is 16.1 Å². The maximum absolute atomic E-state index is 11.0. The molecule has 4 heteroatoms. The highest BCUT2D eigenvalue weighted by atomic mass is 32.1. The van der Waals surface area contributed by atoms with Gasteiger partial charge < -0.3 is 5.11 Å². The minimum absolute atomic E-state index is 0.411. The lowest BCUT2D eigenvalue weighted by atomic mass is 9.90. The zero-order chi connectivity index (χ0) is 11.6. The highest BCUT2D eigenvalue weighted by Crippen LogP contribution is 2.29. The van der Waals surface area contributed by atoms with E-state index in [1.165, 1.54) is 0 Å². The lowest BCUT2D eigenvalue weighted by Gasteiger charge is -2.15. The Morgan fingerprint density at radius 2 is 2.27 bits per heavy atom. The maximum atomic E-state index is 11.0. The molecule has 0 aliphatic carbocycles. The average Bonchev–Trinajstić information content (AvgIpc) is 2.65. The lowest BCUT2D eigenvalue weighted by Crippen LogP contribution is -2.28. The molecule has 1 N–H and O–H groups in total. The highest BCUT2D eigenvalue weighted by molar-refractivity contribution is 7.09. The van der Waals surface area contributed by atoms with Gasteiger partial charge in [0.2, 0.25) is 0 Å². The summed E-state index contributed by atoms with van der Waals surface area (Å²) in [7, 11) is 0. The summed E-state index contributed by atoms with van der Waals surface area (Å²) >= 11 is 1.55. The molecule has 15 heavy (non-hydrogen) atoms. The second-order valence-electron chi connectivity index (χ2n) is 4.31. The van der Waals surface area contributed by atoms with Gasteiger partial charge in [-0.3, -0.25) is 4.79 Å². The number of hydrogen-bond acceptors (Lipinski definition) is 3. The molecular weight excluding hydrogens is 210 g/mol. The number of rotatable bonds is 4. The standard InChI is InChI=1S/C11H17NO2S/c1-5-7(2)9-12-8(6-15-9)11(3,4)10(13)14/h6-7H,5H2,1-4H3,(H,13,14). The monoisotopic (exact) mass is 227 g/mol. The largest absolute Gasteiger partial charge is 0.481 e. The molecule has 0 fully saturated rings. The molecule has 1 atom stereocenters. The van der Waals surface area contributed by atoms with Gasteiger partial charge >= 0.3 is 5.97 Å². The van der Waals surface area contributed by atoms with Gasteiger partial charge in [0.05, 0.1) is 10.7 Å². The summed E-state index contributed by atoms with van der Waals surface area (Å²) in [6.07, 6.45) is 1.03. The van der Waals surface area contributed by atoms with Crippen molar-refractivity contribution in [2.24, 2.45) is 0 Å². The normalized spacial score (nSPS) is 13.9. The fourth-order valence-corrected chi connectivity index (χ4v) is 2.21. The molecule has 0 aliphatic heterocycles. The number of carboxylic acids is 1. The molecule has 1 unspecified atom stereocenters. The van der Waals surface area contributed by atoms with Crippen molar-refractivity contribution in [2.75, 3.05) is 0 Å². The van der Waals surface area contributed by atoms with E-state index in [-0.39, 0.29) is 0 Å². The number of carboxylic acid groups (broad SMARTS) is 1. The molecule has 1 rings (SSSR count). The van der Waals surface area contributed by atoms with E-state index >= 15 is 0 Å². The second-order valence-corrected chi connectivity index (χ2v) is 5.20. The fraction of sp³-hybridized carbons (Fsp3) is 0.636. The van der Waals surface area contributed by atoms with E-state index in [4.69, 9.17) is 5.11 Å². The van der Waals surface area contributed by atoms with Crippen molar-refractivity contribution in [1.82, 2.24) is 4.98 Å². The van der Waals surface area contributed by atoms with Gasteiger partial charge in [-0.2, -0.15) is 0 Å². The van der Waals surface area contributed by atoms with Crippen molar-refractivity contribution in [1.29, 1.82) is 0 Å². The van der Waals surface area contributed by atoms with Gasteiger partial charge in [0.25, 0.3) is 0 Å². The molecule has 0 bridgehead atoms. The first-order chi connectivity index (χ1) is 6.89. The third kappa shape index (κ3) is 2.37. The first-order valence-corrected chi connectivity index (χ1v) is 5.96. The average molecular weight is 227 g/mol. The van der Waals surface area contributed by atoms with Crippen molar-refractivity contribution in [2.45, 2.75) is 45.4 Å². The van der Waals surface area contributed by atoms with E-state index < -0.39 is 11.4 Å². The summed E-state index contributed by atoms with van der Waals surface area (Å²) in [6.45, 7) is 7.58. The molecule has 1 heterocycles. The molecule has 0 spiro atoms. The molecule has 1 aromatic rings. The first-order valence-electron chi connectivity index (χ1n) is 5.08. The zero-order valence-electron chi connectivity index (χ0n) is 9.57. The molecule has 0 saturated heterocycles. The summed E-state index contributed by atoms with van der Waals surface area (Å²) in [5.74, 6) is -0.420. The van der Waals surface area contributed by atoms with E-state index in [2.05, 4.69) is 18.8 Å². The Kier molecular flexibility index (Phi) is 3.50. The smallest absolute Gasteiger partial charge is 0.315 e. The van der Waals surface area contributed by atoms with Crippen molar-refractivity contribution in [3.8, 4) is 0 Å². The van der Waals surface area contributed by atoms with Gasteiger partial charge in [0, 0.05) is 11.3 Å². The molecule has 0 aromatic carbocycles. The third-order valence-electron chi connectivity index (χ3n) is 2.73. The Labute approximate surface area is 94.2 Å². The lowest BCUT2D eigenvalue weighted by molar-refractivity contribution is -0.142. The summed E-state index contributed by atoms with van der Waals surface area (Å²) in [6, 6.07) is 0. The Bertz CT molecular complexity index is 357. The predicted molar refractivity (Wildman–Crippen MR) is 61.5 cm³/mol. The van der Waals surface area contributed by atoms with Crippen LogP contribution < -0.4 is 0 Å². The Hall–Kier alpha value is -0.900. The van der Waals surface area contributed by atoms with Crippen LogP contribution in [0.4, 0.5) is 0 Å². The summed E-state index contributed by atoms with van der Waals surface area (Å²) in [5, 5.41) is 12.0. The van der Waals surface area contributed by atoms with Crippen LogP contribution in [0.1, 0.15) is 50.7 Å². The van der Waals surface area contributed by atoms with E-state index in [0.29, 0.717) is 11.6 Å². The Morgan fingerprint density at radius 1 is 1.67 bits per heavy atom. The van der Waals surface area contributed by atoms with Crippen LogP contribution in [0.2, 0.25) is 0 Å². The summed E-state index contributed by atoms with van der Waals surface area (Å²) in [5.41, 5.74) is -0.224. The van der Waals surface area contributed by atoms with Crippen LogP contribution in [0.15, 0.2) is 5.38 Å². The fourth-order valence-electron chi connectivity index (χ4n) is 1.09. The van der Waals surface area contributed by atoms with Crippen LogP contribution >= 0.6 is 11.3 Å². The molecule has 3 nitrogen and oxygen atoms in total. The molecule has 0 aliphatic rings. The van der Waals surface area contributed by atoms with Gasteiger partial charge in [-0.15, -0.1) is 11.3 Å². The quantitative estimate of drug-likeness (QED) is 0.860. The number of carbonyl (C=O) groups is 1. The summed E-state index contributed by atoms with van der Waals surface area (Å²) < 4.78 is 0. The van der Waals surface area contributed by atoms with Gasteiger partial charge in [-0.05, 0) is 20.3 Å². The highest BCUT2D eigenvalue weighted by Gasteiger charge is 2.32.